The molecule has 0 atom stereocenters. The minimum atomic E-state index is -0.168. The van der Waals surface area contributed by atoms with Gasteiger partial charge in [0.2, 0.25) is 5.91 Å². The van der Waals surface area contributed by atoms with Gasteiger partial charge in [0.05, 0.1) is 16.6 Å². The van der Waals surface area contributed by atoms with E-state index in [-0.39, 0.29) is 18.0 Å². The first-order valence-electron chi connectivity index (χ1n) is 8.63. The number of anilines is 1. The zero-order valence-corrected chi connectivity index (χ0v) is 15.3. The summed E-state index contributed by atoms with van der Waals surface area (Å²) in [5.74, 6) is 1.46. The summed E-state index contributed by atoms with van der Waals surface area (Å²) in [6.07, 6.45) is 0.926. The lowest BCUT2D eigenvalue weighted by atomic mass is 10.2. The summed E-state index contributed by atoms with van der Waals surface area (Å²) in [5, 5.41) is 0.540. The molecule has 1 aliphatic heterocycles. The van der Waals surface area contributed by atoms with Gasteiger partial charge in [-0.05, 0) is 43.4 Å². The molecule has 0 fully saturated rings. The molecule has 1 amide bonds. The summed E-state index contributed by atoms with van der Waals surface area (Å²) in [5.41, 5.74) is 1.42. The average molecular weight is 365 g/mol. The molecule has 0 N–H and O–H groups in total. The monoisotopic (exact) mass is 365 g/mol. The molecule has 0 saturated heterocycles. The highest BCUT2D eigenvalue weighted by Crippen LogP contribution is 2.33. The molecular formula is C20H19N3O2S. The maximum absolute atomic E-state index is 13.1. The lowest BCUT2D eigenvalue weighted by Crippen LogP contribution is -2.38. The number of rotatable bonds is 2. The number of carbonyl (C=O) groups excluding carboxylic acids is 1. The van der Waals surface area contributed by atoms with Crippen LogP contribution in [0.2, 0.25) is 0 Å². The van der Waals surface area contributed by atoms with Crippen LogP contribution in [0.25, 0.3) is 10.9 Å². The number of nitrogens with zero attached hydrogens (tertiary/aromatic N) is 3. The van der Waals surface area contributed by atoms with Crippen LogP contribution in [0.15, 0.2) is 58.2 Å². The standard InChI is InChI=1S/C20H19N3O2S/c1-14-21-16-8-3-2-7-15(16)20(25)23(14)13-19(24)22-11-6-12-26-18-10-5-4-9-17(18)22/h2-5,7-10H,6,11-13H2,1H3. The van der Waals surface area contributed by atoms with Gasteiger partial charge in [0, 0.05) is 11.4 Å². The minimum absolute atomic E-state index is 0.00149. The highest BCUT2D eigenvalue weighted by molar-refractivity contribution is 7.99. The SMILES string of the molecule is Cc1nc2ccccc2c(=O)n1CC(=O)N1CCCSc2ccccc21. The van der Waals surface area contributed by atoms with Crippen molar-refractivity contribution >= 4 is 34.3 Å². The van der Waals surface area contributed by atoms with Crippen molar-refractivity contribution in [1.29, 1.82) is 0 Å². The largest absolute Gasteiger partial charge is 0.310 e. The molecule has 4 rings (SSSR count). The highest BCUT2D eigenvalue weighted by atomic mass is 32.2. The maximum Gasteiger partial charge on any atom is 0.261 e. The smallest absolute Gasteiger partial charge is 0.261 e. The van der Waals surface area contributed by atoms with Crippen molar-refractivity contribution in [2.45, 2.75) is 24.8 Å². The Morgan fingerprint density at radius 1 is 1.15 bits per heavy atom. The number of hydrogen-bond acceptors (Lipinski definition) is 4. The van der Waals surface area contributed by atoms with E-state index in [1.54, 1.807) is 29.7 Å². The topological polar surface area (TPSA) is 55.2 Å². The number of carbonyl (C=O) groups is 1. The van der Waals surface area contributed by atoms with Crippen LogP contribution >= 0.6 is 11.8 Å². The van der Waals surface area contributed by atoms with Crippen molar-refractivity contribution < 1.29 is 4.79 Å². The molecule has 3 aromatic rings. The van der Waals surface area contributed by atoms with Crippen molar-refractivity contribution in [3.05, 3.63) is 64.7 Å². The number of fused-ring (bicyclic) bond motifs is 2. The van der Waals surface area contributed by atoms with E-state index in [2.05, 4.69) is 4.98 Å². The highest BCUT2D eigenvalue weighted by Gasteiger charge is 2.22. The maximum atomic E-state index is 13.1. The van der Waals surface area contributed by atoms with Crippen LogP contribution in [0.3, 0.4) is 0 Å². The molecule has 5 nitrogen and oxygen atoms in total. The third-order valence-electron chi connectivity index (χ3n) is 4.59. The van der Waals surface area contributed by atoms with Gasteiger partial charge in [0.25, 0.3) is 5.56 Å². The van der Waals surface area contributed by atoms with E-state index in [1.807, 2.05) is 42.5 Å². The van der Waals surface area contributed by atoms with Crippen molar-refractivity contribution in [3.63, 3.8) is 0 Å². The van der Waals surface area contributed by atoms with E-state index in [1.165, 1.54) is 4.57 Å². The van der Waals surface area contributed by atoms with Crippen LogP contribution in [0, 0.1) is 6.92 Å². The lowest BCUT2D eigenvalue weighted by Gasteiger charge is -2.23. The molecule has 26 heavy (non-hydrogen) atoms. The van der Waals surface area contributed by atoms with Gasteiger partial charge in [0.1, 0.15) is 12.4 Å². The van der Waals surface area contributed by atoms with Crippen LogP contribution < -0.4 is 10.5 Å². The molecule has 1 aromatic heterocycles. The number of amides is 1. The third kappa shape index (κ3) is 3.01. The van der Waals surface area contributed by atoms with Gasteiger partial charge in [-0.2, -0.15) is 0 Å². The summed E-state index contributed by atoms with van der Waals surface area (Å²) in [6.45, 7) is 2.44. The molecule has 0 aliphatic carbocycles. The summed E-state index contributed by atoms with van der Waals surface area (Å²) < 4.78 is 1.48. The van der Waals surface area contributed by atoms with Crippen LogP contribution in [-0.4, -0.2) is 27.8 Å². The second-order valence-electron chi connectivity index (χ2n) is 6.28. The Bertz CT molecular complexity index is 1040. The summed E-state index contributed by atoms with van der Waals surface area (Å²) >= 11 is 1.77. The average Bonchev–Trinajstić information content (AvgIpc) is 2.87. The normalized spacial score (nSPS) is 14.1. The Morgan fingerprint density at radius 3 is 2.81 bits per heavy atom. The quantitative estimate of drug-likeness (QED) is 0.700. The number of aryl methyl sites for hydroxylation is 1. The van der Waals surface area contributed by atoms with Crippen molar-refractivity contribution in [1.82, 2.24) is 9.55 Å². The van der Waals surface area contributed by atoms with Crippen molar-refractivity contribution in [3.8, 4) is 0 Å². The first-order chi connectivity index (χ1) is 12.6. The summed E-state index contributed by atoms with van der Waals surface area (Å²) in [6, 6.07) is 15.2. The Kier molecular flexibility index (Phi) is 4.51. The van der Waals surface area contributed by atoms with E-state index in [9.17, 15) is 9.59 Å². The van der Waals surface area contributed by atoms with Crippen molar-refractivity contribution in [2.75, 3.05) is 17.2 Å². The number of hydrogen-bond donors (Lipinski definition) is 0. The number of para-hydroxylation sites is 2. The molecular weight excluding hydrogens is 346 g/mol. The molecule has 0 unspecified atom stereocenters. The molecule has 0 spiro atoms. The second-order valence-corrected chi connectivity index (χ2v) is 7.42. The van der Waals surface area contributed by atoms with E-state index in [0.717, 1.165) is 22.8 Å². The van der Waals surface area contributed by atoms with Gasteiger partial charge < -0.3 is 4.90 Å². The van der Waals surface area contributed by atoms with Crippen LogP contribution in [-0.2, 0) is 11.3 Å². The Morgan fingerprint density at radius 2 is 1.92 bits per heavy atom. The van der Waals surface area contributed by atoms with Gasteiger partial charge >= 0.3 is 0 Å². The van der Waals surface area contributed by atoms with Gasteiger partial charge in [-0.15, -0.1) is 11.8 Å². The van der Waals surface area contributed by atoms with Crippen molar-refractivity contribution in [2.24, 2.45) is 0 Å². The fourth-order valence-corrected chi connectivity index (χ4v) is 4.27. The predicted molar refractivity (Wildman–Crippen MR) is 105 cm³/mol. The molecule has 0 saturated carbocycles. The number of benzene rings is 2. The van der Waals surface area contributed by atoms with Crippen LogP contribution in [0.4, 0.5) is 5.69 Å². The molecule has 6 heteroatoms. The van der Waals surface area contributed by atoms with E-state index >= 15 is 0 Å². The fraction of sp³-hybridized carbons (Fsp3) is 0.250. The zero-order valence-electron chi connectivity index (χ0n) is 14.5. The van der Waals surface area contributed by atoms with E-state index < -0.39 is 0 Å². The molecule has 132 valence electrons. The Balaban J connectivity index is 1.71. The van der Waals surface area contributed by atoms with Crippen LogP contribution in [0.1, 0.15) is 12.2 Å². The Hall–Kier alpha value is -2.60. The lowest BCUT2D eigenvalue weighted by molar-refractivity contribution is -0.119. The molecule has 2 aromatic carbocycles. The van der Waals surface area contributed by atoms with E-state index in [0.29, 0.717) is 23.3 Å². The minimum Gasteiger partial charge on any atom is -0.310 e. The van der Waals surface area contributed by atoms with Crippen LogP contribution in [0.5, 0.6) is 0 Å². The fourth-order valence-electron chi connectivity index (χ4n) is 3.27. The molecule has 0 radical (unpaired) electrons. The third-order valence-corrected chi connectivity index (χ3v) is 5.74. The molecule has 0 bridgehead atoms. The number of aromatic nitrogens is 2. The molecule has 1 aliphatic rings. The van der Waals surface area contributed by atoms with Gasteiger partial charge in [-0.25, -0.2) is 4.98 Å². The number of thioether (sulfide) groups is 1. The zero-order chi connectivity index (χ0) is 18.1. The predicted octanol–water partition coefficient (Wildman–Crippen LogP) is 3.23. The summed E-state index contributed by atoms with van der Waals surface area (Å²) in [7, 11) is 0. The first kappa shape index (κ1) is 16.8. The first-order valence-corrected chi connectivity index (χ1v) is 9.62. The van der Waals surface area contributed by atoms with Gasteiger partial charge in [0.15, 0.2) is 0 Å². The summed E-state index contributed by atoms with van der Waals surface area (Å²) in [4.78, 5) is 33.3. The van der Waals surface area contributed by atoms with Gasteiger partial charge in [-0.3, -0.25) is 14.2 Å². The van der Waals surface area contributed by atoms with Gasteiger partial charge in [-0.1, -0.05) is 24.3 Å². The molecule has 2 heterocycles. The van der Waals surface area contributed by atoms with E-state index in [4.69, 9.17) is 0 Å². The second kappa shape index (κ2) is 6.96. The Labute approximate surface area is 155 Å².